The number of benzene rings is 2. The largest absolute Gasteiger partial charge is 0.394 e. The molecular weight excluding hydrogens is 522 g/mol. The first-order chi connectivity index (χ1) is 19.5. The fraction of sp³-hybridized carbons (Fsp3) is 0.531. The first kappa shape index (κ1) is 27.3. The monoisotopic (exact) mass is 561 g/mol. The number of fused-ring (bicyclic) bond motifs is 1. The Balaban J connectivity index is 1.30. The standard InChI is InChI=1S/C32H39N3O4S/c36-20-24(18-21-10-4-1-5-11-21)35-28(30(38)34-23-14-8-3-9-15-23)32-17-16-25(40-32)26(27(32)31(35)39)29(37)33-19-22-12-6-2-7-13-22/h1-2,4-7,10-13,23-28,36H,3,8-9,14-20H2,(H,33,37)(H,34,38)/t24-,25-,26+,27+,28?,32?/m1/s1. The quantitative estimate of drug-likeness (QED) is 0.436. The van der Waals surface area contributed by atoms with Crippen LogP contribution in [0.4, 0.5) is 0 Å². The molecule has 1 aliphatic carbocycles. The van der Waals surface area contributed by atoms with Crippen molar-refractivity contribution < 1.29 is 19.5 Å². The second-order valence-corrected chi connectivity index (χ2v) is 13.5. The van der Waals surface area contributed by atoms with Gasteiger partial charge in [0.05, 0.1) is 29.2 Å². The molecule has 2 aromatic rings. The fourth-order valence-corrected chi connectivity index (χ4v) is 9.86. The average molecular weight is 562 g/mol. The molecule has 3 amide bonds. The molecule has 6 rings (SSSR count). The number of aliphatic hydroxyl groups excluding tert-OH is 1. The van der Waals surface area contributed by atoms with E-state index in [1.807, 2.05) is 60.7 Å². The molecule has 7 nitrogen and oxygen atoms in total. The SMILES string of the molecule is O=C(NC1CCCCC1)C1N([C@@H](CO)Cc2ccccc2)C(=O)[C@@H]2[C@@H](C(=O)NCc3ccccc3)[C@H]3CCC12S3. The van der Waals surface area contributed by atoms with Crippen LogP contribution >= 0.6 is 11.8 Å². The zero-order chi connectivity index (χ0) is 27.7. The van der Waals surface area contributed by atoms with Crippen molar-refractivity contribution in [2.24, 2.45) is 11.8 Å². The molecule has 40 heavy (non-hydrogen) atoms. The van der Waals surface area contributed by atoms with Gasteiger partial charge in [0.2, 0.25) is 17.7 Å². The van der Waals surface area contributed by atoms with Gasteiger partial charge in [0.25, 0.3) is 0 Å². The fourth-order valence-electron chi connectivity index (χ4n) is 7.65. The third-order valence-corrected chi connectivity index (χ3v) is 11.4. The van der Waals surface area contributed by atoms with Gasteiger partial charge in [0.15, 0.2) is 0 Å². The molecule has 3 N–H and O–H groups in total. The zero-order valence-corrected chi connectivity index (χ0v) is 23.7. The molecule has 0 radical (unpaired) electrons. The molecule has 3 aliphatic heterocycles. The van der Waals surface area contributed by atoms with Gasteiger partial charge in [-0.15, -0.1) is 11.8 Å². The van der Waals surface area contributed by atoms with Crippen LogP contribution in [0.5, 0.6) is 0 Å². The van der Waals surface area contributed by atoms with Crippen molar-refractivity contribution in [3.05, 3.63) is 71.8 Å². The third kappa shape index (κ3) is 4.94. The molecule has 4 aliphatic rings. The average Bonchev–Trinajstić information content (AvgIpc) is 3.63. The minimum Gasteiger partial charge on any atom is -0.394 e. The Hall–Kier alpha value is -2.84. The predicted molar refractivity (Wildman–Crippen MR) is 155 cm³/mol. The number of hydrogen-bond acceptors (Lipinski definition) is 5. The molecule has 1 spiro atoms. The highest BCUT2D eigenvalue weighted by molar-refractivity contribution is 8.02. The Bertz CT molecular complexity index is 1220. The minimum atomic E-state index is -0.699. The van der Waals surface area contributed by atoms with Crippen LogP contribution in [0.3, 0.4) is 0 Å². The molecule has 3 heterocycles. The van der Waals surface area contributed by atoms with E-state index in [0.29, 0.717) is 13.0 Å². The van der Waals surface area contributed by atoms with E-state index in [1.165, 1.54) is 6.42 Å². The first-order valence-electron chi connectivity index (χ1n) is 14.8. The van der Waals surface area contributed by atoms with Crippen molar-refractivity contribution in [1.29, 1.82) is 0 Å². The van der Waals surface area contributed by atoms with Crippen molar-refractivity contribution in [2.45, 2.75) is 86.0 Å². The number of likely N-dealkylation sites (tertiary alicyclic amines) is 1. The molecule has 4 fully saturated rings. The van der Waals surface area contributed by atoms with Crippen LogP contribution in [0.25, 0.3) is 0 Å². The van der Waals surface area contributed by atoms with E-state index in [0.717, 1.165) is 49.7 Å². The summed E-state index contributed by atoms with van der Waals surface area (Å²) in [4.78, 5) is 43.9. The smallest absolute Gasteiger partial charge is 0.244 e. The lowest BCUT2D eigenvalue weighted by atomic mass is 9.70. The van der Waals surface area contributed by atoms with Crippen LogP contribution < -0.4 is 10.6 Å². The van der Waals surface area contributed by atoms with Gasteiger partial charge >= 0.3 is 0 Å². The molecular formula is C32H39N3O4S. The lowest BCUT2D eigenvalue weighted by Crippen LogP contribution is -2.58. The van der Waals surface area contributed by atoms with E-state index >= 15 is 0 Å². The summed E-state index contributed by atoms with van der Waals surface area (Å²) in [5.41, 5.74) is 2.01. The Labute approximate surface area is 240 Å². The maximum Gasteiger partial charge on any atom is 0.244 e. The summed E-state index contributed by atoms with van der Waals surface area (Å²) in [5, 5.41) is 17.0. The van der Waals surface area contributed by atoms with Crippen LogP contribution in [0.2, 0.25) is 0 Å². The maximum atomic E-state index is 14.4. The molecule has 6 atom stereocenters. The molecule has 1 saturated carbocycles. The van der Waals surface area contributed by atoms with E-state index in [-0.39, 0.29) is 35.6 Å². The summed E-state index contributed by atoms with van der Waals surface area (Å²) in [7, 11) is 0. The van der Waals surface area contributed by atoms with Gasteiger partial charge in [-0.25, -0.2) is 0 Å². The molecule has 2 unspecified atom stereocenters. The molecule has 212 valence electrons. The topological polar surface area (TPSA) is 98.7 Å². The number of carbonyl (C=O) groups is 3. The van der Waals surface area contributed by atoms with Crippen LogP contribution in [0, 0.1) is 11.8 Å². The van der Waals surface area contributed by atoms with E-state index < -0.39 is 28.7 Å². The second kappa shape index (κ2) is 11.6. The summed E-state index contributed by atoms with van der Waals surface area (Å²) in [6, 6.07) is 18.5. The number of rotatable bonds is 9. The molecule has 8 heteroatoms. The van der Waals surface area contributed by atoms with Crippen molar-refractivity contribution in [2.75, 3.05) is 6.61 Å². The van der Waals surface area contributed by atoms with Gasteiger partial charge in [-0.05, 0) is 43.2 Å². The van der Waals surface area contributed by atoms with Gasteiger partial charge in [0, 0.05) is 17.8 Å². The van der Waals surface area contributed by atoms with Crippen LogP contribution in [-0.4, -0.2) is 62.5 Å². The zero-order valence-electron chi connectivity index (χ0n) is 22.8. The highest BCUT2D eigenvalue weighted by Crippen LogP contribution is 2.66. The summed E-state index contributed by atoms with van der Waals surface area (Å²) in [6.07, 6.45) is 7.28. The van der Waals surface area contributed by atoms with Gasteiger partial charge in [-0.2, -0.15) is 0 Å². The summed E-state index contributed by atoms with van der Waals surface area (Å²) in [6.45, 7) is 0.166. The lowest BCUT2D eigenvalue weighted by Gasteiger charge is -2.38. The van der Waals surface area contributed by atoms with E-state index in [9.17, 15) is 19.5 Å². The second-order valence-electron chi connectivity index (χ2n) is 11.9. The predicted octanol–water partition coefficient (Wildman–Crippen LogP) is 3.45. The Kier molecular flexibility index (Phi) is 7.91. The number of amides is 3. The van der Waals surface area contributed by atoms with Gasteiger partial charge in [0.1, 0.15) is 6.04 Å². The number of thioether (sulfide) groups is 1. The molecule has 3 saturated heterocycles. The molecule has 2 aromatic carbocycles. The third-order valence-electron chi connectivity index (χ3n) is 9.47. The van der Waals surface area contributed by atoms with Crippen LogP contribution in [-0.2, 0) is 27.3 Å². The number of carbonyl (C=O) groups excluding carboxylic acids is 3. The van der Waals surface area contributed by atoms with E-state index in [2.05, 4.69) is 10.6 Å². The highest BCUT2D eigenvalue weighted by Gasteiger charge is 2.74. The molecule has 2 bridgehead atoms. The Morgan fingerprint density at radius 2 is 1.62 bits per heavy atom. The summed E-state index contributed by atoms with van der Waals surface area (Å²) < 4.78 is -0.653. The van der Waals surface area contributed by atoms with E-state index in [1.54, 1.807) is 16.7 Å². The van der Waals surface area contributed by atoms with E-state index in [4.69, 9.17) is 0 Å². The first-order valence-corrected chi connectivity index (χ1v) is 15.7. The molecule has 0 aromatic heterocycles. The summed E-state index contributed by atoms with van der Waals surface area (Å²) >= 11 is 1.68. The van der Waals surface area contributed by atoms with Gasteiger partial charge in [-0.1, -0.05) is 79.9 Å². The van der Waals surface area contributed by atoms with Crippen LogP contribution in [0.1, 0.15) is 56.1 Å². The van der Waals surface area contributed by atoms with Gasteiger partial charge < -0.3 is 20.6 Å². The Morgan fingerprint density at radius 3 is 2.30 bits per heavy atom. The van der Waals surface area contributed by atoms with Gasteiger partial charge in [-0.3, -0.25) is 14.4 Å². The number of nitrogens with zero attached hydrogens (tertiary/aromatic N) is 1. The highest BCUT2D eigenvalue weighted by atomic mass is 32.2. The minimum absolute atomic E-state index is 0.0125. The van der Waals surface area contributed by atoms with Crippen molar-refractivity contribution in [3.63, 3.8) is 0 Å². The maximum absolute atomic E-state index is 14.4. The van der Waals surface area contributed by atoms with Crippen molar-refractivity contribution in [3.8, 4) is 0 Å². The number of nitrogens with one attached hydrogen (secondary N) is 2. The number of hydrogen-bond donors (Lipinski definition) is 3. The van der Waals surface area contributed by atoms with Crippen molar-refractivity contribution >= 4 is 29.5 Å². The van der Waals surface area contributed by atoms with Crippen molar-refractivity contribution in [1.82, 2.24) is 15.5 Å². The summed E-state index contributed by atoms with van der Waals surface area (Å²) in [5.74, 6) is -1.45. The lowest BCUT2D eigenvalue weighted by molar-refractivity contribution is -0.143. The normalized spacial score (nSPS) is 30.2. The Morgan fingerprint density at radius 1 is 0.950 bits per heavy atom. The number of aliphatic hydroxyl groups is 1. The van der Waals surface area contributed by atoms with Crippen LogP contribution in [0.15, 0.2) is 60.7 Å².